The molecule has 0 radical (unpaired) electrons. The third-order valence-electron chi connectivity index (χ3n) is 4.32. The molecule has 0 heterocycles. The quantitative estimate of drug-likeness (QED) is 0.186. The van der Waals surface area contributed by atoms with Gasteiger partial charge in [-0.3, -0.25) is 4.99 Å². The number of ether oxygens (including phenoxy) is 2. The Morgan fingerprint density at radius 1 is 1.14 bits per heavy atom. The maximum absolute atomic E-state index is 5.95. The van der Waals surface area contributed by atoms with Crippen molar-refractivity contribution in [2.24, 2.45) is 4.99 Å². The van der Waals surface area contributed by atoms with Crippen molar-refractivity contribution in [3.63, 3.8) is 0 Å². The standard InChI is InChI=1S/C21H38N4O2.HI/c1-6-7-12-25(4)13-11-23-21(22-3)24-17-19-10-9-18(2)16-20(19)27-15-8-14-26-5;/h9-10,16H,6-8,11-15,17H2,1-5H3,(H2,22,23,24);1H. The highest BCUT2D eigenvalue weighted by Crippen LogP contribution is 2.20. The molecule has 0 bridgehead atoms. The number of benzene rings is 1. The van der Waals surface area contributed by atoms with Crippen molar-refractivity contribution in [1.82, 2.24) is 15.5 Å². The van der Waals surface area contributed by atoms with Crippen molar-refractivity contribution in [2.75, 3.05) is 54.1 Å². The lowest BCUT2D eigenvalue weighted by Gasteiger charge is -2.18. The van der Waals surface area contributed by atoms with Crippen molar-refractivity contribution in [2.45, 2.75) is 39.7 Å². The average Bonchev–Trinajstić information content (AvgIpc) is 2.67. The van der Waals surface area contributed by atoms with Crippen LogP contribution in [0.15, 0.2) is 23.2 Å². The Labute approximate surface area is 188 Å². The van der Waals surface area contributed by atoms with Crippen molar-refractivity contribution >= 4 is 29.9 Å². The fraction of sp³-hybridized carbons (Fsp3) is 0.667. The van der Waals surface area contributed by atoms with Crippen LogP contribution in [0.2, 0.25) is 0 Å². The zero-order valence-electron chi connectivity index (χ0n) is 18.2. The Morgan fingerprint density at radius 2 is 1.93 bits per heavy atom. The van der Waals surface area contributed by atoms with Gasteiger partial charge in [-0.05, 0) is 38.6 Å². The highest BCUT2D eigenvalue weighted by atomic mass is 127. The second-order valence-electron chi connectivity index (χ2n) is 6.82. The number of unbranched alkanes of at least 4 members (excludes halogenated alkanes) is 1. The van der Waals surface area contributed by atoms with Crippen LogP contribution in [0.25, 0.3) is 0 Å². The van der Waals surface area contributed by atoms with Gasteiger partial charge < -0.3 is 25.0 Å². The third kappa shape index (κ3) is 11.7. The molecule has 0 amide bonds. The number of nitrogens with one attached hydrogen (secondary N) is 2. The number of aliphatic imine (C=N–C) groups is 1. The van der Waals surface area contributed by atoms with Crippen LogP contribution in [0.1, 0.15) is 37.3 Å². The molecule has 2 N–H and O–H groups in total. The molecular weight excluding hydrogens is 467 g/mol. The van der Waals surface area contributed by atoms with Gasteiger partial charge in [0.2, 0.25) is 0 Å². The number of methoxy groups -OCH3 is 1. The van der Waals surface area contributed by atoms with Gasteiger partial charge in [0.15, 0.2) is 5.96 Å². The lowest BCUT2D eigenvalue weighted by Crippen LogP contribution is -2.40. The lowest BCUT2D eigenvalue weighted by molar-refractivity contribution is 0.171. The van der Waals surface area contributed by atoms with E-state index in [4.69, 9.17) is 9.47 Å². The normalized spacial score (nSPS) is 11.3. The monoisotopic (exact) mass is 506 g/mol. The molecule has 0 aliphatic carbocycles. The molecule has 1 aromatic carbocycles. The Hall–Kier alpha value is -1.06. The predicted molar refractivity (Wildman–Crippen MR) is 129 cm³/mol. The van der Waals surface area contributed by atoms with E-state index in [-0.39, 0.29) is 24.0 Å². The molecule has 0 unspecified atom stereocenters. The van der Waals surface area contributed by atoms with Crippen LogP contribution >= 0.6 is 24.0 Å². The number of aryl methyl sites for hydroxylation is 1. The van der Waals surface area contributed by atoms with Crippen molar-refractivity contribution < 1.29 is 9.47 Å². The summed E-state index contributed by atoms with van der Waals surface area (Å²) in [5, 5.41) is 6.76. The molecule has 1 rings (SSSR count). The molecular formula is C21H39IN4O2. The van der Waals surface area contributed by atoms with E-state index in [1.165, 1.54) is 18.4 Å². The first-order chi connectivity index (χ1) is 13.1. The van der Waals surface area contributed by atoms with Crippen LogP contribution in [0.3, 0.4) is 0 Å². The van der Waals surface area contributed by atoms with Crippen molar-refractivity contribution in [3.05, 3.63) is 29.3 Å². The smallest absolute Gasteiger partial charge is 0.191 e. The molecule has 0 atom stereocenters. The van der Waals surface area contributed by atoms with Gasteiger partial charge in [-0.2, -0.15) is 0 Å². The number of nitrogens with zero attached hydrogens (tertiary/aromatic N) is 2. The van der Waals surface area contributed by atoms with Gasteiger partial charge in [0, 0.05) is 52.4 Å². The Kier molecular flexibility index (Phi) is 16.2. The minimum Gasteiger partial charge on any atom is -0.493 e. The Balaban J connectivity index is 0.00000729. The summed E-state index contributed by atoms with van der Waals surface area (Å²) in [7, 11) is 5.67. The molecule has 6 nitrogen and oxygen atoms in total. The van der Waals surface area contributed by atoms with E-state index in [0.717, 1.165) is 43.3 Å². The summed E-state index contributed by atoms with van der Waals surface area (Å²) >= 11 is 0. The number of guanidine groups is 1. The van der Waals surface area contributed by atoms with Crippen LogP contribution in [0.5, 0.6) is 5.75 Å². The average molecular weight is 506 g/mol. The molecule has 1 aromatic rings. The Bertz CT molecular complexity index is 555. The van der Waals surface area contributed by atoms with E-state index >= 15 is 0 Å². The molecule has 0 aromatic heterocycles. The minimum absolute atomic E-state index is 0. The first kappa shape index (κ1) is 26.9. The van der Waals surface area contributed by atoms with E-state index in [2.05, 4.69) is 59.6 Å². The van der Waals surface area contributed by atoms with Crippen LogP contribution in [-0.2, 0) is 11.3 Å². The van der Waals surface area contributed by atoms with Gasteiger partial charge in [0.05, 0.1) is 6.61 Å². The zero-order chi connectivity index (χ0) is 19.9. The van der Waals surface area contributed by atoms with E-state index in [1.54, 1.807) is 14.2 Å². The number of hydrogen-bond donors (Lipinski definition) is 2. The molecule has 162 valence electrons. The molecule has 0 saturated carbocycles. The van der Waals surface area contributed by atoms with E-state index in [1.807, 2.05) is 0 Å². The van der Waals surface area contributed by atoms with Gasteiger partial charge in [0.25, 0.3) is 0 Å². The Morgan fingerprint density at radius 3 is 2.61 bits per heavy atom. The summed E-state index contributed by atoms with van der Waals surface area (Å²) in [4.78, 5) is 6.66. The molecule has 0 fully saturated rings. The lowest BCUT2D eigenvalue weighted by atomic mass is 10.1. The number of hydrogen-bond acceptors (Lipinski definition) is 4. The first-order valence-corrected chi connectivity index (χ1v) is 9.95. The van der Waals surface area contributed by atoms with E-state index in [0.29, 0.717) is 19.8 Å². The van der Waals surface area contributed by atoms with E-state index in [9.17, 15) is 0 Å². The highest BCUT2D eigenvalue weighted by molar-refractivity contribution is 14.0. The maximum atomic E-state index is 5.95. The van der Waals surface area contributed by atoms with Gasteiger partial charge in [-0.15, -0.1) is 24.0 Å². The molecule has 0 spiro atoms. The van der Waals surface area contributed by atoms with Crippen LogP contribution in [0, 0.1) is 6.92 Å². The van der Waals surface area contributed by atoms with Gasteiger partial charge in [-0.1, -0.05) is 25.5 Å². The van der Waals surface area contributed by atoms with Crippen molar-refractivity contribution in [1.29, 1.82) is 0 Å². The zero-order valence-corrected chi connectivity index (χ0v) is 20.5. The molecule has 28 heavy (non-hydrogen) atoms. The SMILES string of the molecule is CCCCN(C)CCNC(=NC)NCc1ccc(C)cc1OCCCOC.I. The summed E-state index contributed by atoms with van der Waals surface area (Å²) in [6, 6.07) is 6.31. The largest absolute Gasteiger partial charge is 0.493 e. The number of likely N-dealkylation sites (N-methyl/N-ethyl adjacent to an activating group) is 1. The van der Waals surface area contributed by atoms with Gasteiger partial charge in [-0.25, -0.2) is 0 Å². The van der Waals surface area contributed by atoms with Crippen molar-refractivity contribution in [3.8, 4) is 5.75 Å². The summed E-state index contributed by atoms with van der Waals surface area (Å²) in [6.45, 7) is 9.34. The summed E-state index contributed by atoms with van der Waals surface area (Å²) in [5.74, 6) is 1.73. The second kappa shape index (κ2) is 16.9. The second-order valence-corrected chi connectivity index (χ2v) is 6.82. The first-order valence-electron chi connectivity index (χ1n) is 9.95. The van der Waals surface area contributed by atoms with Crippen LogP contribution in [0.4, 0.5) is 0 Å². The number of halogens is 1. The number of rotatable bonds is 13. The van der Waals surface area contributed by atoms with E-state index < -0.39 is 0 Å². The molecule has 0 saturated heterocycles. The van der Waals surface area contributed by atoms with Crippen LogP contribution < -0.4 is 15.4 Å². The van der Waals surface area contributed by atoms with Crippen LogP contribution in [-0.4, -0.2) is 64.9 Å². The molecule has 0 aliphatic heterocycles. The van der Waals surface area contributed by atoms with Gasteiger partial charge >= 0.3 is 0 Å². The topological polar surface area (TPSA) is 58.1 Å². The fourth-order valence-corrected chi connectivity index (χ4v) is 2.63. The predicted octanol–water partition coefficient (Wildman–Crippen LogP) is 3.43. The van der Waals surface area contributed by atoms with Gasteiger partial charge in [0.1, 0.15) is 5.75 Å². The summed E-state index contributed by atoms with van der Waals surface area (Å²) < 4.78 is 11.0. The summed E-state index contributed by atoms with van der Waals surface area (Å²) in [5.41, 5.74) is 2.32. The highest BCUT2D eigenvalue weighted by Gasteiger charge is 2.06. The minimum atomic E-state index is 0. The molecule has 7 heteroatoms. The molecule has 0 aliphatic rings. The fourth-order valence-electron chi connectivity index (χ4n) is 2.63. The summed E-state index contributed by atoms with van der Waals surface area (Å²) in [6.07, 6.45) is 3.35. The maximum Gasteiger partial charge on any atom is 0.191 e. The third-order valence-corrected chi connectivity index (χ3v) is 4.32.